The summed E-state index contributed by atoms with van der Waals surface area (Å²) in [4.78, 5) is 12.0. The second-order valence-electron chi connectivity index (χ2n) is 4.11. The van der Waals surface area contributed by atoms with Crippen molar-refractivity contribution >= 4 is 5.78 Å². The number of allylic oxidation sites excluding steroid dienone is 2. The van der Waals surface area contributed by atoms with Crippen LogP contribution in [-0.4, -0.2) is 5.78 Å². The van der Waals surface area contributed by atoms with Gasteiger partial charge in [0, 0.05) is 11.5 Å². The topological polar surface area (TPSA) is 17.1 Å². The highest BCUT2D eigenvalue weighted by atomic mass is 16.1. The number of benzene rings is 1. The highest BCUT2D eigenvalue weighted by molar-refractivity contribution is 6.03. The molecule has 0 spiro atoms. The van der Waals surface area contributed by atoms with Gasteiger partial charge in [-0.3, -0.25) is 4.79 Å². The quantitative estimate of drug-likeness (QED) is 0.566. The van der Waals surface area contributed by atoms with E-state index in [0.717, 1.165) is 18.4 Å². The van der Waals surface area contributed by atoms with Crippen molar-refractivity contribution < 1.29 is 4.79 Å². The SMILES string of the molecule is O=C1c2ccccc2[C@H]2CC=CC[C@@H]12. The van der Waals surface area contributed by atoms with E-state index < -0.39 is 0 Å². The van der Waals surface area contributed by atoms with Gasteiger partial charge in [0.05, 0.1) is 0 Å². The summed E-state index contributed by atoms with van der Waals surface area (Å²) >= 11 is 0. The van der Waals surface area contributed by atoms with Gasteiger partial charge in [-0.05, 0) is 24.3 Å². The summed E-state index contributed by atoms with van der Waals surface area (Å²) < 4.78 is 0. The molecule has 0 N–H and O–H groups in total. The molecule has 2 aliphatic rings. The number of rotatable bonds is 0. The van der Waals surface area contributed by atoms with Gasteiger partial charge in [0.1, 0.15) is 0 Å². The lowest BCUT2D eigenvalue weighted by Crippen LogP contribution is -2.14. The summed E-state index contributed by atoms with van der Waals surface area (Å²) in [6.45, 7) is 0. The molecule has 70 valence electrons. The molecule has 0 saturated carbocycles. The van der Waals surface area contributed by atoms with E-state index in [1.54, 1.807) is 0 Å². The van der Waals surface area contributed by atoms with Crippen molar-refractivity contribution in [3.05, 3.63) is 47.5 Å². The molecule has 14 heavy (non-hydrogen) atoms. The molecule has 0 saturated heterocycles. The second-order valence-corrected chi connectivity index (χ2v) is 4.11. The average Bonchev–Trinajstić information content (AvgIpc) is 2.55. The van der Waals surface area contributed by atoms with Gasteiger partial charge in [-0.1, -0.05) is 36.4 Å². The van der Waals surface area contributed by atoms with E-state index in [-0.39, 0.29) is 5.92 Å². The summed E-state index contributed by atoms with van der Waals surface area (Å²) in [5.41, 5.74) is 2.23. The van der Waals surface area contributed by atoms with E-state index in [1.807, 2.05) is 18.2 Å². The lowest BCUT2D eigenvalue weighted by atomic mass is 9.83. The van der Waals surface area contributed by atoms with Crippen LogP contribution in [0.4, 0.5) is 0 Å². The summed E-state index contributed by atoms with van der Waals surface area (Å²) in [7, 11) is 0. The van der Waals surface area contributed by atoms with Crippen molar-refractivity contribution in [2.45, 2.75) is 18.8 Å². The van der Waals surface area contributed by atoms with Gasteiger partial charge in [-0.25, -0.2) is 0 Å². The Morgan fingerprint density at radius 1 is 1.00 bits per heavy atom. The van der Waals surface area contributed by atoms with Crippen LogP contribution in [0.25, 0.3) is 0 Å². The normalized spacial score (nSPS) is 28.7. The largest absolute Gasteiger partial charge is 0.294 e. The maximum atomic E-state index is 12.0. The number of fused-ring (bicyclic) bond motifs is 3. The third kappa shape index (κ3) is 0.926. The van der Waals surface area contributed by atoms with Gasteiger partial charge < -0.3 is 0 Å². The van der Waals surface area contributed by atoms with Crippen LogP contribution in [0.2, 0.25) is 0 Å². The first kappa shape index (κ1) is 7.98. The molecule has 2 atom stereocenters. The van der Waals surface area contributed by atoms with Crippen LogP contribution in [0.15, 0.2) is 36.4 Å². The zero-order valence-corrected chi connectivity index (χ0v) is 7.94. The Morgan fingerprint density at radius 2 is 1.71 bits per heavy atom. The Bertz CT molecular complexity index is 417. The third-order valence-electron chi connectivity index (χ3n) is 3.39. The molecule has 1 aromatic rings. The fourth-order valence-corrected chi connectivity index (χ4v) is 2.69. The molecule has 0 unspecified atom stereocenters. The number of hydrogen-bond donors (Lipinski definition) is 0. The van der Waals surface area contributed by atoms with E-state index in [9.17, 15) is 4.79 Å². The summed E-state index contributed by atoms with van der Waals surface area (Å²) in [5.74, 6) is 1.05. The molecule has 0 bridgehead atoms. The Balaban J connectivity index is 2.15. The molecule has 1 aromatic carbocycles. The monoisotopic (exact) mass is 184 g/mol. The Labute approximate surface area is 83.4 Å². The first-order valence-electron chi connectivity index (χ1n) is 5.16. The van der Waals surface area contributed by atoms with E-state index in [2.05, 4.69) is 18.2 Å². The van der Waals surface area contributed by atoms with Crippen LogP contribution >= 0.6 is 0 Å². The number of hydrogen-bond acceptors (Lipinski definition) is 1. The second kappa shape index (κ2) is 2.81. The zero-order chi connectivity index (χ0) is 9.54. The van der Waals surface area contributed by atoms with E-state index in [1.165, 1.54) is 5.56 Å². The molecular weight excluding hydrogens is 172 g/mol. The van der Waals surface area contributed by atoms with Crippen LogP contribution in [0.1, 0.15) is 34.7 Å². The highest BCUT2D eigenvalue weighted by Crippen LogP contribution is 2.43. The highest BCUT2D eigenvalue weighted by Gasteiger charge is 2.38. The maximum absolute atomic E-state index is 12.0. The third-order valence-corrected chi connectivity index (χ3v) is 3.39. The minimum Gasteiger partial charge on any atom is -0.294 e. The standard InChI is InChI=1S/C13H12O/c14-13-11-7-3-1-5-9(11)10-6-2-4-8-12(10)13/h1-5,7,10,12H,6,8H2/t10-,12-/m1/s1. The van der Waals surface area contributed by atoms with E-state index >= 15 is 0 Å². The van der Waals surface area contributed by atoms with E-state index in [0.29, 0.717) is 11.7 Å². The average molecular weight is 184 g/mol. The van der Waals surface area contributed by atoms with Gasteiger partial charge in [0.15, 0.2) is 5.78 Å². The van der Waals surface area contributed by atoms with Gasteiger partial charge in [0.2, 0.25) is 0 Å². The number of Topliss-reactive ketones (excluding diaryl/α,β-unsaturated/α-hetero) is 1. The molecule has 0 aromatic heterocycles. The first-order chi connectivity index (χ1) is 6.88. The molecule has 0 heterocycles. The predicted molar refractivity (Wildman–Crippen MR) is 55.4 cm³/mol. The van der Waals surface area contributed by atoms with Gasteiger partial charge in [-0.2, -0.15) is 0 Å². The van der Waals surface area contributed by atoms with Crippen LogP contribution in [-0.2, 0) is 0 Å². The minimum atomic E-state index is 0.234. The maximum Gasteiger partial charge on any atom is 0.167 e. The van der Waals surface area contributed by atoms with E-state index in [4.69, 9.17) is 0 Å². The number of ketones is 1. The smallest absolute Gasteiger partial charge is 0.167 e. The van der Waals surface area contributed by atoms with Crippen LogP contribution in [0, 0.1) is 5.92 Å². The van der Waals surface area contributed by atoms with Crippen molar-refractivity contribution in [2.75, 3.05) is 0 Å². The van der Waals surface area contributed by atoms with Crippen LogP contribution in [0.3, 0.4) is 0 Å². The molecular formula is C13H12O. The molecule has 0 amide bonds. The lowest BCUT2D eigenvalue weighted by Gasteiger charge is -2.19. The van der Waals surface area contributed by atoms with Crippen LogP contribution in [0.5, 0.6) is 0 Å². The van der Waals surface area contributed by atoms with Gasteiger partial charge in [-0.15, -0.1) is 0 Å². The Kier molecular flexibility index (Phi) is 1.60. The lowest BCUT2D eigenvalue weighted by molar-refractivity contribution is 0.0922. The van der Waals surface area contributed by atoms with Crippen molar-refractivity contribution in [3.8, 4) is 0 Å². The fraction of sp³-hybridized carbons (Fsp3) is 0.308. The van der Waals surface area contributed by atoms with Crippen molar-refractivity contribution in [2.24, 2.45) is 5.92 Å². The zero-order valence-electron chi connectivity index (χ0n) is 7.94. The van der Waals surface area contributed by atoms with Gasteiger partial charge in [0.25, 0.3) is 0 Å². The van der Waals surface area contributed by atoms with Crippen molar-refractivity contribution in [1.82, 2.24) is 0 Å². The van der Waals surface area contributed by atoms with Crippen molar-refractivity contribution in [1.29, 1.82) is 0 Å². The Hall–Kier alpha value is -1.37. The summed E-state index contributed by atoms with van der Waals surface area (Å²) in [6.07, 6.45) is 6.31. The van der Waals surface area contributed by atoms with Crippen molar-refractivity contribution in [3.63, 3.8) is 0 Å². The van der Waals surface area contributed by atoms with Gasteiger partial charge >= 0.3 is 0 Å². The fourth-order valence-electron chi connectivity index (χ4n) is 2.69. The Morgan fingerprint density at radius 3 is 2.57 bits per heavy atom. The summed E-state index contributed by atoms with van der Waals surface area (Å²) in [6, 6.07) is 8.07. The number of carbonyl (C=O) groups excluding carboxylic acids is 1. The molecule has 1 nitrogen and oxygen atoms in total. The molecule has 0 fully saturated rings. The molecule has 1 heteroatoms. The summed E-state index contributed by atoms with van der Waals surface area (Å²) in [5, 5.41) is 0. The molecule has 0 aliphatic heterocycles. The molecule has 2 aliphatic carbocycles. The first-order valence-corrected chi connectivity index (χ1v) is 5.16. The molecule has 0 radical (unpaired) electrons. The number of carbonyl (C=O) groups is 1. The molecule has 3 rings (SSSR count). The predicted octanol–water partition coefficient (Wildman–Crippen LogP) is 2.93. The van der Waals surface area contributed by atoms with Crippen LogP contribution < -0.4 is 0 Å². The minimum absolute atomic E-state index is 0.234.